The zero-order valence-corrected chi connectivity index (χ0v) is 11.8. The van der Waals surface area contributed by atoms with Crippen LogP contribution in [-0.4, -0.2) is 10.1 Å². The highest BCUT2D eigenvalue weighted by Crippen LogP contribution is 2.27. The minimum atomic E-state index is -0.00307. The van der Waals surface area contributed by atoms with Gasteiger partial charge in [0, 0.05) is 16.5 Å². The van der Waals surface area contributed by atoms with Gasteiger partial charge in [0.1, 0.15) is 0 Å². The zero-order valence-electron chi connectivity index (χ0n) is 11.8. The maximum absolute atomic E-state index is 9.56. The number of hydrogen-bond acceptors (Lipinski definition) is 2. The highest BCUT2D eigenvalue weighted by Gasteiger charge is 2.18. The largest absolute Gasteiger partial charge is 0.392 e. The summed E-state index contributed by atoms with van der Waals surface area (Å²) in [6.07, 6.45) is 0. The standard InChI is InChI=1S/C16H21NO/c1-10-6-13-12(9-18)8-15(16(3,4)5)17-14(13)7-11(10)2/h6-8,18H,9H2,1-5H3. The Kier molecular flexibility index (Phi) is 3.16. The summed E-state index contributed by atoms with van der Waals surface area (Å²) >= 11 is 0. The predicted molar refractivity (Wildman–Crippen MR) is 75.8 cm³/mol. The van der Waals surface area contributed by atoms with Gasteiger partial charge in [0.2, 0.25) is 0 Å². The van der Waals surface area contributed by atoms with Gasteiger partial charge in [0.05, 0.1) is 12.1 Å². The molecule has 2 heteroatoms. The summed E-state index contributed by atoms with van der Waals surface area (Å²) in [4.78, 5) is 4.75. The topological polar surface area (TPSA) is 33.1 Å². The molecule has 0 aliphatic carbocycles. The molecule has 1 N–H and O–H groups in total. The smallest absolute Gasteiger partial charge is 0.0712 e. The van der Waals surface area contributed by atoms with Crippen molar-refractivity contribution in [3.63, 3.8) is 0 Å². The number of nitrogens with zero attached hydrogens (tertiary/aromatic N) is 1. The molecule has 0 aliphatic heterocycles. The average molecular weight is 243 g/mol. The van der Waals surface area contributed by atoms with E-state index in [-0.39, 0.29) is 12.0 Å². The lowest BCUT2D eigenvalue weighted by atomic mass is 9.89. The van der Waals surface area contributed by atoms with Gasteiger partial charge < -0.3 is 5.11 Å². The van der Waals surface area contributed by atoms with Crippen molar-refractivity contribution in [3.8, 4) is 0 Å². The monoisotopic (exact) mass is 243 g/mol. The van der Waals surface area contributed by atoms with Crippen molar-refractivity contribution < 1.29 is 5.11 Å². The first kappa shape index (κ1) is 13.0. The third-order valence-electron chi connectivity index (χ3n) is 3.45. The van der Waals surface area contributed by atoms with Crippen molar-refractivity contribution in [2.45, 2.75) is 46.6 Å². The Morgan fingerprint density at radius 3 is 2.22 bits per heavy atom. The summed E-state index contributed by atoms with van der Waals surface area (Å²) < 4.78 is 0. The molecule has 1 aromatic heterocycles. The molecule has 0 fully saturated rings. The molecule has 96 valence electrons. The minimum Gasteiger partial charge on any atom is -0.392 e. The van der Waals surface area contributed by atoms with E-state index in [9.17, 15) is 5.11 Å². The molecular formula is C16H21NO. The molecule has 0 aliphatic rings. The van der Waals surface area contributed by atoms with E-state index < -0.39 is 0 Å². The molecule has 0 radical (unpaired) electrons. The molecule has 0 saturated carbocycles. The normalized spacial score (nSPS) is 12.1. The van der Waals surface area contributed by atoms with Gasteiger partial charge in [-0.2, -0.15) is 0 Å². The fraction of sp³-hybridized carbons (Fsp3) is 0.438. The number of aryl methyl sites for hydroxylation is 2. The van der Waals surface area contributed by atoms with E-state index in [0.29, 0.717) is 0 Å². The molecule has 0 atom stereocenters. The van der Waals surface area contributed by atoms with E-state index in [4.69, 9.17) is 4.98 Å². The number of aromatic nitrogens is 1. The third kappa shape index (κ3) is 2.25. The van der Waals surface area contributed by atoms with Gasteiger partial charge >= 0.3 is 0 Å². The number of aliphatic hydroxyl groups is 1. The maximum atomic E-state index is 9.56. The summed E-state index contributed by atoms with van der Waals surface area (Å²) in [5.41, 5.74) is 5.45. The summed E-state index contributed by atoms with van der Waals surface area (Å²) in [6.45, 7) is 10.7. The van der Waals surface area contributed by atoms with Crippen molar-refractivity contribution in [2.75, 3.05) is 0 Å². The van der Waals surface area contributed by atoms with E-state index in [1.807, 2.05) is 6.07 Å². The van der Waals surface area contributed by atoms with E-state index in [1.165, 1.54) is 11.1 Å². The fourth-order valence-electron chi connectivity index (χ4n) is 2.07. The van der Waals surface area contributed by atoms with Crippen LogP contribution in [0.2, 0.25) is 0 Å². The highest BCUT2D eigenvalue weighted by molar-refractivity contribution is 5.84. The Morgan fingerprint density at radius 1 is 1.06 bits per heavy atom. The highest BCUT2D eigenvalue weighted by atomic mass is 16.3. The number of aliphatic hydroxyl groups excluding tert-OH is 1. The molecule has 0 unspecified atom stereocenters. The van der Waals surface area contributed by atoms with Gasteiger partial charge in [-0.25, -0.2) is 0 Å². The van der Waals surface area contributed by atoms with Crippen molar-refractivity contribution in [2.24, 2.45) is 0 Å². The predicted octanol–water partition coefficient (Wildman–Crippen LogP) is 3.64. The molecule has 0 bridgehead atoms. The van der Waals surface area contributed by atoms with Gasteiger partial charge in [-0.15, -0.1) is 0 Å². The summed E-state index contributed by atoms with van der Waals surface area (Å²) in [5.74, 6) is 0. The molecule has 0 saturated heterocycles. The number of fused-ring (bicyclic) bond motifs is 1. The summed E-state index contributed by atoms with van der Waals surface area (Å²) in [5, 5.41) is 10.6. The van der Waals surface area contributed by atoms with Crippen LogP contribution >= 0.6 is 0 Å². The van der Waals surface area contributed by atoms with Crippen LogP contribution < -0.4 is 0 Å². The van der Waals surface area contributed by atoms with Crippen LogP contribution in [0, 0.1) is 13.8 Å². The molecule has 0 amide bonds. The SMILES string of the molecule is Cc1cc2nc(C(C)(C)C)cc(CO)c2cc1C. The maximum Gasteiger partial charge on any atom is 0.0712 e. The van der Waals surface area contributed by atoms with Crippen LogP contribution in [0.15, 0.2) is 18.2 Å². The van der Waals surface area contributed by atoms with E-state index in [1.54, 1.807) is 0 Å². The van der Waals surface area contributed by atoms with Gasteiger partial charge in [0.15, 0.2) is 0 Å². The first-order chi connectivity index (χ1) is 8.32. The van der Waals surface area contributed by atoms with E-state index in [0.717, 1.165) is 22.2 Å². The van der Waals surface area contributed by atoms with Crippen LogP contribution in [0.4, 0.5) is 0 Å². The molecule has 2 rings (SSSR count). The van der Waals surface area contributed by atoms with Crippen LogP contribution in [0.3, 0.4) is 0 Å². The molecule has 2 nitrogen and oxygen atoms in total. The number of hydrogen-bond donors (Lipinski definition) is 1. The molecule has 2 aromatic rings. The van der Waals surface area contributed by atoms with Gasteiger partial charge in [-0.05, 0) is 48.7 Å². The lowest BCUT2D eigenvalue weighted by Crippen LogP contribution is -2.14. The molecule has 18 heavy (non-hydrogen) atoms. The van der Waals surface area contributed by atoms with Crippen LogP contribution in [0.1, 0.15) is 43.2 Å². The number of rotatable bonds is 1. The number of pyridine rings is 1. The van der Waals surface area contributed by atoms with Gasteiger partial charge in [0.25, 0.3) is 0 Å². The summed E-state index contributed by atoms with van der Waals surface area (Å²) in [6, 6.07) is 6.26. The Bertz CT molecular complexity index is 594. The minimum absolute atomic E-state index is 0.00307. The Morgan fingerprint density at radius 2 is 1.67 bits per heavy atom. The second-order valence-corrected chi connectivity index (χ2v) is 6.03. The van der Waals surface area contributed by atoms with E-state index in [2.05, 4.69) is 46.8 Å². The zero-order chi connectivity index (χ0) is 13.5. The lowest BCUT2D eigenvalue weighted by molar-refractivity contribution is 0.283. The van der Waals surface area contributed by atoms with Crippen molar-refractivity contribution in [1.29, 1.82) is 0 Å². The number of benzene rings is 1. The van der Waals surface area contributed by atoms with Crippen LogP contribution in [0.25, 0.3) is 10.9 Å². The molecular weight excluding hydrogens is 222 g/mol. The Hall–Kier alpha value is -1.41. The van der Waals surface area contributed by atoms with Gasteiger partial charge in [-0.3, -0.25) is 4.98 Å². The fourth-order valence-corrected chi connectivity index (χ4v) is 2.07. The van der Waals surface area contributed by atoms with Crippen molar-refractivity contribution >= 4 is 10.9 Å². The molecule has 1 heterocycles. The quantitative estimate of drug-likeness (QED) is 0.829. The first-order valence-corrected chi connectivity index (χ1v) is 6.35. The third-order valence-corrected chi connectivity index (χ3v) is 3.45. The Labute approximate surface area is 109 Å². The van der Waals surface area contributed by atoms with Crippen LogP contribution in [0.5, 0.6) is 0 Å². The van der Waals surface area contributed by atoms with Crippen molar-refractivity contribution in [1.82, 2.24) is 4.98 Å². The van der Waals surface area contributed by atoms with Gasteiger partial charge in [-0.1, -0.05) is 20.8 Å². The van der Waals surface area contributed by atoms with Crippen molar-refractivity contribution in [3.05, 3.63) is 40.6 Å². The Balaban J connectivity index is 2.80. The lowest BCUT2D eigenvalue weighted by Gasteiger charge is -2.20. The second-order valence-electron chi connectivity index (χ2n) is 6.03. The van der Waals surface area contributed by atoms with E-state index >= 15 is 0 Å². The van der Waals surface area contributed by atoms with Crippen LogP contribution in [-0.2, 0) is 12.0 Å². The molecule has 0 spiro atoms. The second kappa shape index (κ2) is 4.36. The molecule has 1 aromatic carbocycles. The summed E-state index contributed by atoms with van der Waals surface area (Å²) in [7, 11) is 0. The first-order valence-electron chi connectivity index (χ1n) is 6.35. The average Bonchev–Trinajstić information content (AvgIpc) is 2.28.